The molecule has 2 fully saturated rings. The lowest BCUT2D eigenvalue weighted by Crippen LogP contribution is -2.44. The second-order valence-electron chi connectivity index (χ2n) is 20.0. The van der Waals surface area contributed by atoms with Gasteiger partial charge >= 0.3 is 46.5 Å². The number of aliphatic hydroxyl groups is 1. The third-order valence-corrected chi connectivity index (χ3v) is 8.87. The average Bonchev–Trinajstić information content (AvgIpc) is 3.48. The summed E-state index contributed by atoms with van der Waals surface area (Å²) < 4.78 is 77.0. The van der Waals surface area contributed by atoms with E-state index in [1.807, 2.05) is 0 Å². The summed E-state index contributed by atoms with van der Waals surface area (Å²) in [5, 5.41) is 11.6. The first-order valence-electron chi connectivity index (χ1n) is 19.8. The molecular weight excluding hydrogens is 863 g/mol. The first-order valence-corrected chi connectivity index (χ1v) is 22.2. The van der Waals surface area contributed by atoms with Crippen molar-refractivity contribution in [3.8, 4) is 0 Å². The Labute approximate surface area is 369 Å². The number of nitrogens with one attached hydrogen (secondary N) is 1. The first-order chi connectivity index (χ1) is 27.5. The summed E-state index contributed by atoms with van der Waals surface area (Å²) in [5.41, 5.74) is -4.14. The largest absolute Gasteiger partial charge is 0.460 e. The Morgan fingerprint density at radius 3 is 1.40 bits per heavy atom. The summed E-state index contributed by atoms with van der Waals surface area (Å²) in [4.78, 5) is 70.8. The van der Waals surface area contributed by atoms with E-state index >= 15 is 0 Å². The van der Waals surface area contributed by atoms with Crippen LogP contribution in [0.25, 0.3) is 0 Å². The van der Waals surface area contributed by atoms with Gasteiger partial charge in [0.2, 0.25) is 0 Å². The summed E-state index contributed by atoms with van der Waals surface area (Å²) in [6.45, 7) is 30.0. The smallest absolute Gasteiger partial charge is 0.426 e. The maximum atomic E-state index is 12.0. The quantitative estimate of drug-likeness (QED) is 0.236. The highest BCUT2D eigenvalue weighted by atomic mass is 32.2. The first kappa shape index (κ1) is 58.2. The molecule has 0 spiro atoms. The van der Waals surface area contributed by atoms with Crippen molar-refractivity contribution in [2.24, 2.45) is 0 Å². The Morgan fingerprint density at radius 2 is 1.00 bits per heavy atom. The fourth-order valence-electron chi connectivity index (χ4n) is 4.57. The molecule has 4 atom stereocenters. The number of aliphatic hydroxyl groups excluding tert-OH is 1. The number of ether oxygens (including phenoxy) is 6. The van der Waals surface area contributed by atoms with Gasteiger partial charge in [-0.3, -0.25) is 22.7 Å². The van der Waals surface area contributed by atoms with Crippen LogP contribution in [-0.2, 0) is 72.7 Å². The lowest BCUT2D eigenvalue weighted by atomic mass is 10.1. The van der Waals surface area contributed by atoms with Crippen LogP contribution in [0.5, 0.6) is 0 Å². The molecule has 1 unspecified atom stereocenters. The average molecular weight is 934 g/mol. The maximum absolute atomic E-state index is 12.0. The number of hydrogen-bond acceptors (Lipinski definition) is 18. The molecule has 2 aliphatic heterocycles. The molecule has 0 radical (unpaired) electrons. The number of esters is 3. The van der Waals surface area contributed by atoms with Gasteiger partial charge in [-0.1, -0.05) is 0 Å². The van der Waals surface area contributed by atoms with Crippen LogP contribution in [0.2, 0.25) is 0 Å². The van der Waals surface area contributed by atoms with Gasteiger partial charge in [0.15, 0.2) is 0 Å². The molecule has 2 heterocycles. The van der Waals surface area contributed by atoms with Crippen molar-refractivity contribution >= 4 is 57.8 Å². The summed E-state index contributed by atoms with van der Waals surface area (Å²) in [5.74, 6) is -1.59. The molecule has 2 saturated heterocycles. The molecule has 0 aromatic rings. The van der Waals surface area contributed by atoms with Crippen molar-refractivity contribution in [2.45, 2.75) is 196 Å². The predicted octanol–water partition coefficient (Wildman–Crippen LogP) is 5.14. The fourth-order valence-corrected chi connectivity index (χ4v) is 6.66. The van der Waals surface area contributed by atoms with E-state index in [2.05, 4.69) is 9.50 Å². The lowest BCUT2D eigenvalue weighted by molar-refractivity contribution is -0.157. The molecule has 62 heavy (non-hydrogen) atoms. The number of hydrogen-bond donors (Lipinski definition) is 2. The van der Waals surface area contributed by atoms with Gasteiger partial charge in [0, 0.05) is 0 Å². The van der Waals surface area contributed by atoms with Crippen LogP contribution in [0.4, 0.5) is 14.4 Å². The van der Waals surface area contributed by atoms with Crippen molar-refractivity contribution in [1.82, 2.24) is 13.9 Å². The molecule has 0 aliphatic carbocycles. The van der Waals surface area contributed by atoms with Gasteiger partial charge in [-0.2, -0.15) is 17.0 Å². The molecule has 2 aliphatic rings. The van der Waals surface area contributed by atoms with E-state index in [-0.39, 0.29) is 39.1 Å². The Hall–Kier alpha value is -3.80. The third kappa shape index (κ3) is 26.0. The van der Waals surface area contributed by atoms with Gasteiger partial charge in [-0.25, -0.2) is 18.6 Å². The maximum Gasteiger partial charge on any atom is 0.426 e. The molecular formula is C39H71N3O18S2. The molecule has 23 heteroatoms. The molecule has 3 amide bonds. The van der Waals surface area contributed by atoms with E-state index in [4.69, 9.17) is 37.7 Å². The SMILES string of the molecule is CC(C)(C)OC(=O)C[C@@H]1COS(=O)(=O)N1C(=O)OC(C)(C)C.CC(C)(C)OC(=O)C[C@@H]1COS(=O)N1C(=O)OC(C)(C)C.CC(C)(C)OC(=O)C[C@H](CO)NC(=O)OC(C)(C)C. The molecule has 2 N–H and O–H groups in total. The number of carbonyl (C=O) groups is 6. The standard InChI is InChI=1S/C13H23NO7S.C13H23NO6S.C13H25NO5/c1-12(2,3)20-10(15)7-9-8-19-22(17,18)14(9)11(16)21-13(4,5)6;1-12(2,3)19-10(15)7-9-8-18-21(17)14(9)11(16)20-13(4,5)6;1-12(2,3)18-10(16)7-9(8-15)14-11(17)19-13(4,5)6/h9H,7-8H2,1-6H3;9H,7-8H2,1-6H3;9,15H,7-8H2,1-6H3,(H,14,17)/t9-;9-,21?;9-/m111/s1. The van der Waals surface area contributed by atoms with E-state index in [1.165, 1.54) is 0 Å². The Kier molecular flexibility index (Phi) is 21.3. The lowest BCUT2D eigenvalue weighted by Gasteiger charge is -2.26. The summed E-state index contributed by atoms with van der Waals surface area (Å²) in [7, 11) is -4.25. The monoisotopic (exact) mass is 933 g/mol. The number of rotatable bonds is 8. The topological polar surface area (TPSA) is 266 Å². The summed E-state index contributed by atoms with van der Waals surface area (Å²) in [6, 6.07) is -2.35. The van der Waals surface area contributed by atoms with Crippen molar-refractivity contribution < 1.29 is 83.3 Å². The van der Waals surface area contributed by atoms with Crippen molar-refractivity contribution in [2.75, 3.05) is 19.8 Å². The zero-order valence-electron chi connectivity index (χ0n) is 39.6. The van der Waals surface area contributed by atoms with Crippen LogP contribution < -0.4 is 5.32 Å². The van der Waals surface area contributed by atoms with Crippen LogP contribution in [0.15, 0.2) is 0 Å². The van der Waals surface area contributed by atoms with Crippen LogP contribution in [-0.4, -0.2) is 134 Å². The van der Waals surface area contributed by atoms with Gasteiger partial charge in [-0.15, -0.1) is 0 Å². The Balaban J connectivity index is 0.000000903. The van der Waals surface area contributed by atoms with Crippen LogP contribution in [0.1, 0.15) is 144 Å². The van der Waals surface area contributed by atoms with Crippen molar-refractivity contribution in [1.29, 1.82) is 0 Å². The molecule has 0 bridgehead atoms. The predicted molar refractivity (Wildman–Crippen MR) is 224 cm³/mol. The number of nitrogens with zero attached hydrogens (tertiary/aromatic N) is 2. The zero-order valence-corrected chi connectivity index (χ0v) is 41.2. The molecule has 362 valence electrons. The molecule has 0 saturated carbocycles. The summed E-state index contributed by atoms with van der Waals surface area (Å²) in [6.07, 6.45) is -3.01. The van der Waals surface area contributed by atoms with E-state index in [0.29, 0.717) is 4.31 Å². The van der Waals surface area contributed by atoms with E-state index in [1.54, 1.807) is 125 Å². The highest BCUT2D eigenvalue weighted by Gasteiger charge is 2.46. The van der Waals surface area contributed by atoms with Gasteiger partial charge in [0.25, 0.3) is 11.3 Å². The van der Waals surface area contributed by atoms with Crippen LogP contribution in [0.3, 0.4) is 0 Å². The highest BCUT2D eigenvalue weighted by Crippen LogP contribution is 2.26. The minimum absolute atomic E-state index is 0.00506. The van der Waals surface area contributed by atoms with E-state index < -0.39 is 109 Å². The van der Waals surface area contributed by atoms with Gasteiger partial charge in [-0.05, 0) is 125 Å². The number of amides is 3. The van der Waals surface area contributed by atoms with Gasteiger partial charge in [0.1, 0.15) is 33.6 Å². The second-order valence-corrected chi connectivity index (χ2v) is 22.6. The minimum atomic E-state index is -4.25. The molecule has 21 nitrogen and oxygen atoms in total. The second kappa shape index (κ2) is 22.7. The van der Waals surface area contributed by atoms with Crippen molar-refractivity contribution in [3.63, 3.8) is 0 Å². The van der Waals surface area contributed by atoms with Crippen LogP contribution in [0, 0.1) is 0 Å². The normalized spacial score (nSPS) is 19.6. The molecule has 0 aromatic carbocycles. The highest BCUT2D eigenvalue weighted by molar-refractivity contribution is 7.85. The summed E-state index contributed by atoms with van der Waals surface area (Å²) >= 11 is -1.94. The van der Waals surface area contributed by atoms with Crippen LogP contribution >= 0.6 is 0 Å². The number of carbonyl (C=O) groups excluding carboxylic acids is 6. The van der Waals surface area contributed by atoms with Gasteiger partial charge in [0.05, 0.1) is 57.2 Å². The number of alkyl carbamates (subject to hydrolysis) is 1. The van der Waals surface area contributed by atoms with E-state index in [9.17, 15) is 41.4 Å². The Morgan fingerprint density at radius 1 is 0.613 bits per heavy atom. The van der Waals surface area contributed by atoms with Gasteiger partial charge < -0.3 is 38.8 Å². The Bertz CT molecular complexity index is 1650. The zero-order chi connectivity index (χ0) is 49.0. The van der Waals surface area contributed by atoms with Crippen molar-refractivity contribution in [3.05, 3.63) is 0 Å². The molecule has 2 rings (SSSR count). The fraction of sp³-hybridized carbons (Fsp3) is 0.846. The minimum Gasteiger partial charge on any atom is -0.460 e. The van der Waals surface area contributed by atoms with E-state index in [0.717, 1.165) is 4.31 Å². The molecule has 0 aromatic heterocycles. The third-order valence-electron chi connectivity index (χ3n) is 6.40.